The van der Waals surface area contributed by atoms with Crippen LogP contribution in [0.3, 0.4) is 0 Å². The Morgan fingerprint density at radius 3 is 3.00 bits per heavy atom. The summed E-state index contributed by atoms with van der Waals surface area (Å²) in [5.74, 6) is 1.42. The van der Waals surface area contributed by atoms with E-state index in [0.717, 1.165) is 32.4 Å². The van der Waals surface area contributed by atoms with Gasteiger partial charge in [-0.25, -0.2) is 0 Å². The van der Waals surface area contributed by atoms with Gasteiger partial charge in [0.2, 0.25) is 17.7 Å². The Bertz CT molecular complexity index is 434. The van der Waals surface area contributed by atoms with Crippen LogP contribution < -0.4 is 11.1 Å². The molecular weight excluding hydrogens is 258 g/mol. The van der Waals surface area contributed by atoms with Gasteiger partial charge in [0.15, 0.2) is 0 Å². The van der Waals surface area contributed by atoms with Crippen molar-refractivity contribution in [2.75, 3.05) is 26.2 Å². The predicted molar refractivity (Wildman–Crippen MR) is 73.7 cm³/mol. The van der Waals surface area contributed by atoms with Gasteiger partial charge in [-0.3, -0.25) is 9.69 Å². The van der Waals surface area contributed by atoms with Gasteiger partial charge in [0.1, 0.15) is 0 Å². The molecule has 1 saturated heterocycles. The number of amides is 1. The Kier molecular flexibility index (Phi) is 5.49. The summed E-state index contributed by atoms with van der Waals surface area (Å²) >= 11 is 0. The van der Waals surface area contributed by atoms with E-state index in [9.17, 15) is 4.79 Å². The highest BCUT2D eigenvalue weighted by atomic mass is 16.4. The number of carbonyl (C=O) groups excluding carboxylic acids is 1. The Morgan fingerprint density at radius 2 is 2.30 bits per heavy atom. The molecule has 1 atom stereocenters. The van der Waals surface area contributed by atoms with Gasteiger partial charge < -0.3 is 15.5 Å². The molecule has 0 spiro atoms. The molecule has 1 fully saturated rings. The molecule has 7 nitrogen and oxygen atoms in total. The molecule has 1 aliphatic heterocycles. The maximum Gasteiger partial charge on any atom is 0.230 e. The lowest BCUT2D eigenvalue weighted by atomic mass is 9.97. The molecule has 1 aromatic rings. The summed E-state index contributed by atoms with van der Waals surface area (Å²) in [7, 11) is 0. The molecule has 1 unspecified atom stereocenters. The van der Waals surface area contributed by atoms with Crippen LogP contribution in [0.5, 0.6) is 0 Å². The molecule has 2 rings (SSSR count). The Labute approximate surface area is 118 Å². The molecule has 0 aromatic carbocycles. The monoisotopic (exact) mass is 281 g/mol. The zero-order chi connectivity index (χ0) is 14.4. The van der Waals surface area contributed by atoms with Crippen LogP contribution in [-0.4, -0.2) is 47.2 Å². The first-order valence-corrected chi connectivity index (χ1v) is 7.24. The summed E-state index contributed by atoms with van der Waals surface area (Å²) in [5, 5.41) is 10.8. The second-order valence-corrected chi connectivity index (χ2v) is 5.10. The van der Waals surface area contributed by atoms with Gasteiger partial charge in [0.05, 0.1) is 12.5 Å². The highest BCUT2D eigenvalue weighted by Gasteiger charge is 2.26. The minimum Gasteiger partial charge on any atom is -0.424 e. The van der Waals surface area contributed by atoms with Crippen LogP contribution in [-0.2, 0) is 17.8 Å². The van der Waals surface area contributed by atoms with Crippen molar-refractivity contribution in [2.45, 2.75) is 32.7 Å². The Hall–Kier alpha value is -1.47. The summed E-state index contributed by atoms with van der Waals surface area (Å²) in [5.41, 5.74) is 5.40. The number of piperidine rings is 1. The van der Waals surface area contributed by atoms with Crippen LogP contribution in [0.1, 0.15) is 31.5 Å². The summed E-state index contributed by atoms with van der Waals surface area (Å²) in [6, 6.07) is 0. The number of carbonyl (C=O) groups is 1. The van der Waals surface area contributed by atoms with E-state index in [1.807, 2.05) is 6.92 Å². The van der Waals surface area contributed by atoms with Crippen molar-refractivity contribution in [3.63, 3.8) is 0 Å². The molecule has 0 bridgehead atoms. The predicted octanol–water partition coefficient (Wildman–Crippen LogP) is -0.0811. The molecule has 0 radical (unpaired) electrons. The van der Waals surface area contributed by atoms with Crippen molar-refractivity contribution >= 4 is 5.91 Å². The maximum absolute atomic E-state index is 12.0. The number of nitrogens with zero attached hydrogens (tertiary/aromatic N) is 3. The van der Waals surface area contributed by atoms with Crippen molar-refractivity contribution in [3.8, 4) is 0 Å². The number of hydrogen-bond donors (Lipinski definition) is 2. The van der Waals surface area contributed by atoms with E-state index >= 15 is 0 Å². The number of nitrogens with two attached hydrogens (primary N) is 1. The lowest BCUT2D eigenvalue weighted by Gasteiger charge is -2.30. The lowest BCUT2D eigenvalue weighted by molar-refractivity contribution is -0.126. The van der Waals surface area contributed by atoms with Crippen molar-refractivity contribution < 1.29 is 9.21 Å². The minimum atomic E-state index is 0.0314. The van der Waals surface area contributed by atoms with Gasteiger partial charge in [-0.15, -0.1) is 10.2 Å². The standard InChI is InChI=1S/C13H23N5O2/c1-2-11-16-17-12(20-11)9-18-7-3-4-10(8-18)13(19)15-6-5-14/h10H,2-9,14H2,1H3,(H,15,19). The summed E-state index contributed by atoms with van der Waals surface area (Å²) in [6.07, 6.45) is 2.68. The van der Waals surface area contributed by atoms with E-state index < -0.39 is 0 Å². The smallest absolute Gasteiger partial charge is 0.230 e. The highest BCUT2D eigenvalue weighted by molar-refractivity contribution is 5.78. The molecule has 7 heteroatoms. The van der Waals surface area contributed by atoms with Gasteiger partial charge in [0, 0.05) is 26.1 Å². The van der Waals surface area contributed by atoms with E-state index in [4.69, 9.17) is 10.2 Å². The van der Waals surface area contributed by atoms with Gasteiger partial charge >= 0.3 is 0 Å². The second kappa shape index (κ2) is 7.35. The van der Waals surface area contributed by atoms with Crippen LogP contribution in [0.25, 0.3) is 0 Å². The SMILES string of the molecule is CCc1nnc(CN2CCCC(C(=O)NCCN)C2)o1. The zero-order valence-electron chi connectivity index (χ0n) is 12.0. The molecule has 1 aliphatic rings. The number of likely N-dealkylation sites (tertiary alicyclic amines) is 1. The molecule has 3 N–H and O–H groups in total. The fourth-order valence-corrected chi connectivity index (χ4v) is 2.44. The van der Waals surface area contributed by atoms with Crippen molar-refractivity contribution in [2.24, 2.45) is 11.7 Å². The highest BCUT2D eigenvalue weighted by Crippen LogP contribution is 2.18. The summed E-state index contributed by atoms with van der Waals surface area (Å²) < 4.78 is 5.52. The van der Waals surface area contributed by atoms with Crippen LogP contribution in [0.15, 0.2) is 4.42 Å². The first-order chi connectivity index (χ1) is 9.72. The largest absolute Gasteiger partial charge is 0.424 e. The quantitative estimate of drug-likeness (QED) is 0.757. The fourth-order valence-electron chi connectivity index (χ4n) is 2.44. The van der Waals surface area contributed by atoms with Crippen molar-refractivity contribution in [1.82, 2.24) is 20.4 Å². The van der Waals surface area contributed by atoms with E-state index in [2.05, 4.69) is 20.4 Å². The number of aromatic nitrogens is 2. The maximum atomic E-state index is 12.0. The third-order valence-corrected chi connectivity index (χ3v) is 3.49. The second-order valence-electron chi connectivity index (χ2n) is 5.10. The van der Waals surface area contributed by atoms with E-state index in [-0.39, 0.29) is 11.8 Å². The number of nitrogens with one attached hydrogen (secondary N) is 1. The summed E-state index contributed by atoms with van der Waals surface area (Å²) in [6.45, 7) is 5.32. The molecule has 0 saturated carbocycles. The minimum absolute atomic E-state index is 0.0314. The topological polar surface area (TPSA) is 97.3 Å². The van der Waals surface area contributed by atoms with E-state index in [1.165, 1.54) is 0 Å². The molecular formula is C13H23N5O2. The summed E-state index contributed by atoms with van der Waals surface area (Å²) in [4.78, 5) is 14.2. The average Bonchev–Trinajstić information content (AvgIpc) is 2.92. The fraction of sp³-hybridized carbons (Fsp3) is 0.769. The molecule has 0 aliphatic carbocycles. The first-order valence-electron chi connectivity index (χ1n) is 7.24. The lowest BCUT2D eigenvalue weighted by Crippen LogP contribution is -2.43. The Morgan fingerprint density at radius 1 is 1.50 bits per heavy atom. The number of hydrogen-bond acceptors (Lipinski definition) is 6. The van der Waals surface area contributed by atoms with Gasteiger partial charge in [0.25, 0.3) is 0 Å². The molecule has 1 aromatic heterocycles. The van der Waals surface area contributed by atoms with Gasteiger partial charge in [-0.1, -0.05) is 6.92 Å². The van der Waals surface area contributed by atoms with E-state index in [0.29, 0.717) is 31.4 Å². The molecule has 2 heterocycles. The van der Waals surface area contributed by atoms with Crippen molar-refractivity contribution in [3.05, 3.63) is 11.8 Å². The van der Waals surface area contributed by atoms with Gasteiger partial charge in [-0.05, 0) is 19.4 Å². The normalized spacial score (nSPS) is 20.0. The van der Waals surface area contributed by atoms with Crippen LogP contribution >= 0.6 is 0 Å². The average molecular weight is 281 g/mol. The number of aryl methyl sites for hydroxylation is 1. The van der Waals surface area contributed by atoms with Gasteiger partial charge in [-0.2, -0.15) is 0 Å². The third-order valence-electron chi connectivity index (χ3n) is 3.49. The zero-order valence-corrected chi connectivity index (χ0v) is 12.0. The van der Waals surface area contributed by atoms with Crippen LogP contribution in [0.4, 0.5) is 0 Å². The molecule has 112 valence electrons. The van der Waals surface area contributed by atoms with Crippen LogP contribution in [0, 0.1) is 5.92 Å². The first kappa shape index (κ1) is 14.9. The molecule has 1 amide bonds. The third kappa shape index (κ3) is 4.01. The number of rotatable bonds is 6. The van der Waals surface area contributed by atoms with E-state index in [1.54, 1.807) is 0 Å². The molecule has 20 heavy (non-hydrogen) atoms. The van der Waals surface area contributed by atoms with Crippen LogP contribution in [0.2, 0.25) is 0 Å². The van der Waals surface area contributed by atoms with Crippen molar-refractivity contribution in [1.29, 1.82) is 0 Å². The Balaban J connectivity index is 1.85.